The monoisotopic (exact) mass is 239 g/mol. The quantitative estimate of drug-likeness (QED) is 0.743. The second-order valence-corrected chi connectivity index (χ2v) is 5.77. The van der Waals surface area contributed by atoms with E-state index in [0.29, 0.717) is 18.9 Å². The van der Waals surface area contributed by atoms with E-state index >= 15 is 0 Å². The lowest BCUT2D eigenvalue weighted by Gasteiger charge is -2.42. The van der Waals surface area contributed by atoms with E-state index in [1.54, 1.807) is 0 Å². The van der Waals surface area contributed by atoms with E-state index in [-0.39, 0.29) is 29.3 Å². The van der Waals surface area contributed by atoms with Crippen LogP contribution in [0.3, 0.4) is 0 Å². The van der Waals surface area contributed by atoms with Crippen molar-refractivity contribution in [3.8, 4) is 0 Å². The highest BCUT2D eigenvalue weighted by Crippen LogP contribution is 2.48. The van der Waals surface area contributed by atoms with Gasteiger partial charge in [-0.2, -0.15) is 0 Å². The molecule has 2 rings (SSSR count). The average Bonchev–Trinajstić information content (AvgIpc) is 2.55. The summed E-state index contributed by atoms with van der Waals surface area (Å²) in [5.41, 5.74) is -0.260. The standard InChI is InChI=1S/C13H21NO3/c1-8(2)6-10-12(16)14-11(15)7-13(10)4-5-17-9(13)3/h8-10H,4-7H2,1-3H3,(H,14,15,16). The van der Waals surface area contributed by atoms with Crippen LogP contribution in [0.15, 0.2) is 0 Å². The largest absolute Gasteiger partial charge is 0.378 e. The van der Waals surface area contributed by atoms with Crippen LogP contribution in [0.5, 0.6) is 0 Å². The Morgan fingerprint density at radius 1 is 1.47 bits per heavy atom. The first-order chi connectivity index (χ1) is 7.95. The van der Waals surface area contributed by atoms with Gasteiger partial charge in [-0.05, 0) is 25.7 Å². The van der Waals surface area contributed by atoms with Gasteiger partial charge in [0.25, 0.3) is 0 Å². The third-order valence-electron chi connectivity index (χ3n) is 4.21. The lowest BCUT2D eigenvalue weighted by molar-refractivity contribution is -0.147. The fourth-order valence-electron chi connectivity index (χ4n) is 3.25. The minimum absolute atomic E-state index is 0.00116. The first-order valence-electron chi connectivity index (χ1n) is 6.41. The number of imide groups is 1. The van der Waals surface area contributed by atoms with Crippen molar-refractivity contribution >= 4 is 11.8 Å². The lowest BCUT2D eigenvalue weighted by atomic mass is 9.64. The molecule has 0 bridgehead atoms. The molecule has 4 nitrogen and oxygen atoms in total. The van der Waals surface area contributed by atoms with Gasteiger partial charge in [0, 0.05) is 24.4 Å². The number of ether oxygens (including phenoxy) is 1. The maximum Gasteiger partial charge on any atom is 0.230 e. The molecule has 3 unspecified atom stereocenters. The molecule has 0 aliphatic carbocycles. The van der Waals surface area contributed by atoms with Crippen molar-refractivity contribution in [1.29, 1.82) is 0 Å². The minimum Gasteiger partial charge on any atom is -0.378 e. The third-order valence-corrected chi connectivity index (χ3v) is 4.21. The zero-order chi connectivity index (χ0) is 12.6. The Kier molecular flexibility index (Phi) is 3.25. The van der Waals surface area contributed by atoms with E-state index in [2.05, 4.69) is 19.2 Å². The summed E-state index contributed by atoms with van der Waals surface area (Å²) in [6.07, 6.45) is 2.08. The van der Waals surface area contributed by atoms with Gasteiger partial charge >= 0.3 is 0 Å². The van der Waals surface area contributed by atoms with E-state index in [4.69, 9.17) is 4.74 Å². The third kappa shape index (κ3) is 2.10. The highest BCUT2D eigenvalue weighted by atomic mass is 16.5. The number of hydrogen-bond acceptors (Lipinski definition) is 3. The summed E-state index contributed by atoms with van der Waals surface area (Å²) in [6, 6.07) is 0. The summed E-state index contributed by atoms with van der Waals surface area (Å²) in [5, 5.41) is 2.47. The first kappa shape index (κ1) is 12.6. The molecule has 0 radical (unpaired) electrons. The summed E-state index contributed by atoms with van der Waals surface area (Å²) in [6.45, 7) is 6.87. The van der Waals surface area contributed by atoms with Crippen LogP contribution in [0.25, 0.3) is 0 Å². The normalized spacial score (nSPS) is 37.9. The number of amides is 2. The van der Waals surface area contributed by atoms with Gasteiger partial charge in [0.1, 0.15) is 0 Å². The molecule has 2 amide bonds. The zero-order valence-electron chi connectivity index (χ0n) is 10.8. The second-order valence-electron chi connectivity index (χ2n) is 5.77. The van der Waals surface area contributed by atoms with E-state index in [1.807, 2.05) is 6.92 Å². The fourth-order valence-corrected chi connectivity index (χ4v) is 3.25. The number of carbonyl (C=O) groups excluding carboxylic acids is 2. The van der Waals surface area contributed by atoms with Crippen molar-refractivity contribution in [3.05, 3.63) is 0 Å². The Labute approximate surface area is 102 Å². The summed E-state index contributed by atoms with van der Waals surface area (Å²) in [7, 11) is 0. The minimum atomic E-state index is -0.260. The highest BCUT2D eigenvalue weighted by Gasteiger charge is 2.54. The van der Waals surface area contributed by atoms with Gasteiger partial charge < -0.3 is 4.74 Å². The predicted octanol–water partition coefficient (Wildman–Crippen LogP) is 1.49. The molecule has 2 aliphatic rings. The molecule has 0 aromatic heterocycles. The molecular formula is C13H21NO3. The van der Waals surface area contributed by atoms with Gasteiger partial charge in [-0.25, -0.2) is 0 Å². The van der Waals surface area contributed by atoms with E-state index in [1.165, 1.54) is 0 Å². The van der Waals surface area contributed by atoms with Crippen molar-refractivity contribution in [1.82, 2.24) is 5.32 Å². The molecule has 2 aliphatic heterocycles. The summed E-state index contributed by atoms with van der Waals surface area (Å²) in [4.78, 5) is 23.7. The summed E-state index contributed by atoms with van der Waals surface area (Å²) >= 11 is 0. The Hall–Kier alpha value is -0.900. The number of hydrogen-bond donors (Lipinski definition) is 1. The molecule has 2 saturated heterocycles. The molecule has 3 atom stereocenters. The molecular weight excluding hydrogens is 218 g/mol. The molecule has 0 aromatic carbocycles. The zero-order valence-corrected chi connectivity index (χ0v) is 10.8. The van der Waals surface area contributed by atoms with Crippen LogP contribution >= 0.6 is 0 Å². The Morgan fingerprint density at radius 2 is 2.18 bits per heavy atom. The van der Waals surface area contributed by atoms with E-state index in [0.717, 1.165) is 12.8 Å². The van der Waals surface area contributed by atoms with Gasteiger partial charge in [-0.1, -0.05) is 13.8 Å². The second kappa shape index (κ2) is 4.41. The van der Waals surface area contributed by atoms with Gasteiger partial charge in [-0.3, -0.25) is 14.9 Å². The van der Waals surface area contributed by atoms with Crippen LogP contribution in [0.4, 0.5) is 0 Å². The number of nitrogens with one attached hydrogen (secondary N) is 1. The van der Waals surface area contributed by atoms with Crippen molar-refractivity contribution < 1.29 is 14.3 Å². The van der Waals surface area contributed by atoms with Gasteiger partial charge in [0.15, 0.2) is 0 Å². The number of carbonyl (C=O) groups is 2. The van der Waals surface area contributed by atoms with Gasteiger partial charge in [0.2, 0.25) is 11.8 Å². The Balaban J connectivity index is 2.29. The molecule has 0 saturated carbocycles. The van der Waals surface area contributed by atoms with E-state index < -0.39 is 0 Å². The molecule has 17 heavy (non-hydrogen) atoms. The van der Waals surface area contributed by atoms with Crippen molar-refractivity contribution in [2.45, 2.75) is 46.1 Å². The molecule has 1 N–H and O–H groups in total. The average molecular weight is 239 g/mol. The smallest absolute Gasteiger partial charge is 0.230 e. The number of piperidine rings is 1. The highest BCUT2D eigenvalue weighted by molar-refractivity contribution is 5.99. The lowest BCUT2D eigenvalue weighted by Crippen LogP contribution is -2.55. The van der Waals surface area contributed by atoms with Crippen molar-refractivity contribution in [2.75, 3.05) is 6.61 Å². The summed E-state index contributed by atoms with van der Waals surface area (Å²) in [5.74, 6) is 0.112. The van der Waals surface area contributed by atoms with Crippen LogP contribution in [-0.4, -0.2) is 24.5 Å². The van der Waals surface area contributed by atoms with Crippen LogP contribution < -0.4 is 5.32 Å². The van der Waals surface area contributed by atoms with Gasteiger partial charge in [-0.15, -0.1) is 0 Å². The first-order valence-corrected chi connectivity index (χ1v) is 6.41. The fraction of sp³-hybridized carbons (Fsp3) is 0.846. The predicted molar refractivity (Wildman–Crippen MR) is 63.2 cm³/mol. The van der Waals surface area contributed by atoms with E-state index in [9.17, 15) is 9.59 Å². The molecule has 4 heteroatoms. The van der Waals surface area contributed by atoms with Crippen molar-refractivity contribution in [3.63, 3.8) is 0 Å². The van der Waals surface area contributed by atoms with Crippen molar-refractivity contribution in [2.24, 2.45) is 17.3 Å². The molecule has 2 heterocycles. The molecule has 2 fully saturated rings. The van der Waals surface area contributed by atoms with Crippen LogP contribution in [-0.2, 0) is 14.3 Å². The maximum atomic E-state index is 12.1. The Bertz CT molecular complexity index is 340. The Morgan fingerprint density at radius 3 is 2.71 bits per heavy atom. The van der Waals surface area contributed by atoms with Crippen LogP contribution in [0.2, 0.25) is 0 Å². The van der Waals surface area contributed by atoms with Crippen LogP contribution in [0.1, 0.15) is 40.0 Å². The molecule has 0 aromatic rings. The summed E-state index contributed by atoms with van der Waals surface area (Å²) < 4.78 is 5.62. The topological polar surface area (TPSA) is 55.4 Å². The SMILES string of the molecule is CC(C)CC1C(=O)NC(=O)CC12CCOC2C. The number of rotatable bonds is 2. The maximum absolute atomic E-state index is 12.1. The van der Waals surface area contributed by atoms with Gasteiger partial charge in [0.05, 0.1) is 6.10 Å². The molecule has 1 spiro atoms. The van der Waals surface area contributed by atoms with Crippen LogP contribution in [0, 0.1) is 17.3 Å². The molecule has 96 valence electrons.